The van der Waals surface area contributed by atoms with E-state index in [2.05, 4.69) is 40.2 Å². The van der Waals surface area contributed by atoms with Crippen LogP contribution in [-0.2, 0) is 11.8 Å². The number of hydrogen-bond acceptors (Lipinski definition) is 3. The van der Waals surface area contributed by atoms with E-state index in [1.54, 1.807) is 0 Å². The van der Waals surface area contributed by atoms with Gasteiger partial charge in [-0.1, -0.05) is 6.92 Å². The van der Waals surface area contributed by atoms with Gasteiger partial charge in [-0.15, -0.1) is 0 Å². The van der Waals surface area contributed by atoms with Crippen molar-refractivity contribution >= 4 is 15.9 Å². The van der Waals surface area contributed by atoms with Crippen LogP contribution >= 0.6 is 15.9 Å². The lowest BCUT2D eigenvalue weighted by Gasteiger charge is -2.27. The smallest absolute Gasteiger partial charge is 0.0696 e. The van der Waals surface area contributed by atoms with Gasteiger partial charge in [-0.3, -0.25) is 4.68 Å². The Morgan fingerprint density at radius 3 is 2.94 bits per heavy atom. The molecule has 1 fully saturated rings. The molecule has 0 bridgehead atoms. The number of aromatic nitrogens is 2. The average Bonchev–Trinajstić information content (AvgIpc) is 2.84. The van der Waals surface area contributed by atoms with E-state index in [-0.39, 0.29) is 0 Å². The molecule has 3 atom stereocenters. The third kappa shape index (κ3) is 2.56. The maximum atomic E-state index is 5.69. The summed E-state index contributed by atoms with van der Waals surface area (Å²) in [6.07, 6.45) is 3.28. The molecule has 0 saturated carbocycles. The molecule has 0 amide bonds. The Kier molecular flexibility index (Phi) is 4.22. The molecule has 1 N–H and O–H groups in total. The fourth-order valence-electron chi connectivity index (χ4n) is 2.63. The summed E-state index contributed by atoms with van der Waals surface area (Å²) in [6, 6.07) is 0.305. The van der Waals surface area contributed by atoms with Crippen molar-refractivity contribution in [3.05, 3.63) is 16.4 Å². The molecule has 1 aliphatic heterocycles. The van der Waals surface area contributed by atoms with Gasteiger partial charge in [0.2, 0.25) is 0 Å². The molecular formula is C12H20BrN3O. The molecule has 5 heteroatoms. The summed E-state index contributed by atoms with van der Waals surface area (Å²) >= 11 is 3.59. The SMILES string of the molecule is CCNC(c1c(Br)cnn1C)C1CCOC1C. The third-order valence-electron chi connectivity index (χ3n) is 3.52. The molecule has 1 aromatic heterocycles. The molecule has 1 aliphatic rings. The van der Waals surface area contributed by atoms with E-state index in [0.717, 1.165) is 24.0 Å². The lowest BCUT2D eigenvalue weighted by molar-refractivity contribution is 0.0945. The van der Waals surface area contributed by atoms with E-state index in [1.165, 1.54) is 5.69 Å². The highest BCUT2D eigenvalue weighted by Crippen LogP contribution is 2.35. The summed E-state index contributed by atoms with van der Waals surface area (Å²) in [5.74, 6) is 0.515. The number of halogens is 1. The van der Waals surface area contributed by atoms with Crippen LogP contribution in [0.3, 0.4) is 0 Å². The number of nitrogens with one attached hydrogen (secondary N) is 1. The van der Waals surface area contributed by atoms with E-state index < -0.39 is 0 Å². The molecule has 4 nitrogen and oxygen atoms in total. The second-order valence-electron chi connectivity index (χ2n) is 4.57. The first-order chi connectivity index (χ1) is 8.15. The van der Waals surface area contributed by atoms with E-state index in [1.807, 2.05) is 17.9 Å². The van der Waals surface area contributed by atoms with Gasteiger partial charge in [-0.05, 0) is 35.8 Å². The lowest BCUT2D eigenvalue weighted by Crippen LogP contribution is -2.33. The fourth-order valence-corrected chi connectivity index (χ4v) is 3.22. The minimum absolute atomic E-state index is 0.305. The van der Waals surface area contributed by atoms with Crippen molar-refractivity contribution in [2.75, 3.05) is 13.2 Å². The molecule has 1 aromatic rings. The molecule has 2 heterocycles. The average molecular weight is 302 g/mol. The van der Waals surface area contributed by atoms with Crippen LogP contribution in [0.4, 0.5) is 0 Å². The van der Waals surface area contributed by atoms with Crippen LogP contribution in [0.15, 0.2) is 10.7 Å². The third-order valence-corrected chi connectivity index (χ3v) is 4.13. The highest BCUT2D eigenvalue weighted by Gasteiger charge is 2.34. The van der Waals surface area contributed by atoms with Gasteiger partial charge in [-0.2, -0.15) is 5.10 Å². The van der Waals surface area contributed by atoms with E-state index in [9.17, 15) is 0 Å². The molecule has 0 aliphatic carbocycles. The van der Waals surface area contributed by atoms with Gasteiger partial charge in [0.25, 0.3) is 0 Å². The van der Waals surface area contributed by atoms with Crippen LogP contribution in [0, 0.1) is 5.92 Å². The monoisotopic (exact) mass is 301 g/mol. The van der Waals surface area contributed by atoms with Crippen molar-refractivity contribution in [1.82, 2.24) is 15.1 Å². The maximum Gasteiger partial charge on any atom is 0.0696 e. The van der Waals surface area contributed by atoms with Crippen LogP contribution in [-0.4, -0.2) is 29.0 Å². The van der Waals surface area contributed by atoms with Crippen LogP contribution in [0.5, 0.6) is 0 Å². The highest BCUT2D eigenvalue weighted by molar-refractivity contribution is 9.10. The Morgan fingerprint density at radius 2 is 2.47 bits per heavy atom. The second kappa shape index (κ2) is 5.50. The number of nitrogens with zero attached hydrogens (tertiary/aromatic N) is 2. The Hall–Kier alpha value is -0.390. The van der Waals surface area contributed by atoms with Gasteiger partial charge in [0.1, 0.15) is 0 Å². The number of hydrogen-bond donors (Lipinski definition) is 1. The Labute approximate surface area is 111 Å². The topological polar surface area (TPSA) is 39.1 Å². The molecule has 1 saturated heterocycles. The van der Waals surface area contributed by atoms with Gasteiger partial charge in [0, 0.05) is 19.6 Å². The minimum atomic E-state index is 0.305. The first-order valence-electron chi connectivity index (χ1n) is 6.17. The van der Waals surface area contributed by atoms with E-state index in [0.29, 0.717) is 18.1 Å². The Morgan fingerprint density at radius 1 is 1.71 bits per heavy atom. The van der Waals surface area contributed by atoms with Crippen LogP contribution < -0.4 is 5.32 Å². The molecule has 2 rings (SSSR count). The van der Waals surface area contributed by atoms with Crippen LogP contribution in [0.1, 0.15) is 32.0 Å². The summed E-state index contributed by atoms with van der Waals surface area (Å²) < 4.78 is 8.71. The second-order valence-corrected chi connectivity index (χ2v) is 5.42. The standard InChI is InChI=1S/C12H20BrN3O/c1-4-14-11(9-5-6-17-8(9)2)12-10(13)7-15-16(12)3/h7-9,11,14H,4-6H2,1-3H3. The fraction of sp³-hybridized carbons (Fsp3) is 0.750. The van der Waals surface area contributed by atoms with Crippen LogP contribution in [0.2, 0.25) is 0 Å². The molecule has 3 unspecified atom stereocenters. The summed E-state index contributed by atoms with van der Waals surface area (Å²) in [7, 11) is 1.99. The van der Waals surface area contributed by atoms with Gasteiger partial charge < -0.3 is 10.1 Å². The normalized spacial score (nSPS) is 26.4. The quantitative estimate of drug-likeness (QED) is 0.927. The van der Waals surface area contributed by atoms with Crippen molar-refractivity contribution in [2.24, 2.45) is 13.0 Å². The molecule has 0 radical (unpaired) electrons. The first kappa shape index (κ1) is 13.1. The minimum Gasteiger partial charge on any atom is -0.378 e. The van der Waals surface area contributed by atoms with Crippen LogP contribution in [0.25, 0.3) is 0 Å². The number of rotatable bonds is 4. The number of aryl methyl sites for hydroxylation is 1. The number of ether oxygens (including phenoxy) is 1. The maximum absolute atomic E-state index is 5.69. The van der Waals surface area contributed by atoms with Gasteiger partial charge in [0.15, 0.2) is 0 Å². The van der Waals surface area contributed by atoms with Gasteiger partial charge in [-0.25, -0.2) is 0 Å². The zero-order valence-electron chi connectivity index (χ0n) is 10.6. The zero-order chi connectivity index (χ0) is 12.4. The molecule has 0 spiro atoms. The summed E-state index contributed by atoms with van der Waals surface area (Å²) in [5, 5.41) is 7.87. The van der Waals surface area contributed by atoms with E-state index in [4.69, 9.17) is 4.74 Å². The van der Waals surface area contributed by atoms with E-state index >= 15 is 0 Å². The summed E-state index contributed by atoms with van der Waals surface area (Å²) in [5.41, 5.74) is 1.22. The largest absolute Gasteiger partial charge is 0.378 e. The lowest BCUT2D eigenvalue weighted by atomic mass is 9.91. The molecule has 17 heavy (non-hydrogen) atoms. The predicted octanol–water partition coefficient (Wildman–Crippen LogP) is 2.26. The van der Waals surface area contributed by atoms with Gasteiger partial charge in [0.05, 0.1) is 28.5 Å². The molecule has 96 valence electrons. The van der Waals surface area contributed by atoms with Crippen molar-refractivity contribution in [2.45, 2.75) is 32.4 Å². The van der Waals surface area contributed by atoms with Crippen molar-refractivity contribution in [3.8, 4) is 0 Å². The highest BCUT2D eigenvalue weighted by atomic mass is 79.9. The van der Waals surface area contributed by atoms with Gasteiger partial charge >= 0.3 is 0 Å². The Balaban J connectivity index is 2.28. The Bertz CT molecular complexity index is 360. The molecule has 0 aromatic carbocycles. The summed E-state index contributed by atoms with van der Waals surface area (Å²) in [4.78, 5) is 0. The first-order valence-corrected chi connectivity index (χ1v) is 6.96. The van der Waals surface area contributed by atoms with Crippen molar-refractivity contribution < 1.29 is 4.74 Å². The van der Waals surface area contributed by atoms with Crippen molar-refractivity contribution in [1.29, 1.82) is 0 Å². The summed E-state index contributed by atoms with van der Waals surface area (Å²) in [6.45, 7) is 6.11. The van der Waals surface area contributed by atoms with Crippen molar-refractivity contribution in [3.63, 3.8) is 0 Å². The predicted molar refractivity (Wildman–Crippen MR) is 70.8 cm³/mol. The molecular weight excluding hydrogens is 282 g/mol. The zero-order valence-corrected chi connectivity index (χ0v) is 12.2.